The second kappa shape index (κ2) is 6.98. The van der Waals surface area contributed by atoms with Crippen molar-refractivity contribution in [2.24, 2.45) is 0 Å². The number of aryl methyl sites for hydroxylation is 2. The number of hydrogen-bond donors (Lipinski definition) is 1. The molecule has 3 rings (SSSR count). The number of carbonyl (C=O) groups excluding carboxylic acids is 1. The summed E-state index contributed by atoms with van der Waals surface area (Å²) in [6, 6.07) is 14.6. The topological polar surface area (TPSA) is 66.5 Å². The average molecular weight is 358 g/mol. The highest BCUT2D eigenvalue weighted by Gasteiger charge is 2.26. The monoisotopic (exact) mass is 358 g/mol. The number of hydrogen-bond acceptors (Lipinski definition) is 3. The van der Waals surface area contributed by atoms with E-state index in [-0.39, 0.29) is 23.4 Å². The van der Waals surface area contributed by atoms with E-state index >= 15 is 0 Å². The Kier molecular flexibility index (Phi) is 4.92. The Bertz CT molecular complexity index is 876. The molecule has 2 aromatic carbocycles. The molecule has 0 spiro atoms. The van der Waals surface area contributed by atoms with Crippen molar-refractivity contribution in [2.75, 3.05) is 13.6 Å². The second-order valence-corrected chi connectivity index (χ2v) is 8.48. The third-order valence-corrected chi connectivity index (χ3v) is 6.38. The Morgan fingerprint density at radius 3 is 2.56 bits per heavy atom. The van der Waals surface area contributed by atoms with Gasteiger partial charge in [-0.3, -0.25) is 4.79 Å². The minimum atomic E-state index is -3.67. The molecule has 0 heterocycles. The summed E-state index contributed by atoms with van der Waals surface area (Å²) in [5, 5.41) is 2.95. The predicted octanol–water partition coefficient (Wildman–Crippen LogP) is 2.42. The highest BCUT2D eigenvalue weighted by molar-refractivity contribution is 7.89. The van der Waals surface area contributed by atoms with E-state index in [2.05, 4.69) is 11.4 Å². The highest BCUT2D eigenvalue weighted by atomic mass is 32.2. The third-order valence-electron chi connectivity index (χ3n) is 4.56. The zero-order valence-corrected chi connectivity index (χ0v) is 15.2. The van der Waals surface area contributed by atoms with E-state index in [1.807, 2.05) is 25.1 Å². The molecule has 1 aliphatic rings. The van der Waals surface area contributed by atoms with Gasteiger partial charge in [0.05, 0.1) is 17.5 Å². The fraction of sp³-hybridized carbons (Fsp3) is 0.316. The number of amides is 1. The van der Waals surface area contributed by atoms with Crippen LogP contribution >= 0.6 is 0 Å². The third kappa shape index (κ3) is 3.75. The number of sulfonamides is 1. The van der Waals surface area contributed by atoms with E-state index in [9.17, 15) is 13.2 Å². The van der Waals surface area contributed by atoms with Gasteiger partial charge in [-0.25, -0.2) is 8.42 Å². The molecule has 1 atom stereocenters. The Labute approximate surface area is 148 Å². The molecule has 1 N–H and O–H groups in total. The molecule has 1 amide bonds. The van der Waals surface area contributed by atoms with Crippen molar-refractivity contribution in [3.05, 3.63) is 65.2 Å². The summed E-state index contributed by atoms with van der Waals surface area (Å²) in [6.45, 7) is 1.70. The van der Waals surface area contributed by atoms with Gasteiger partial charge in [-0.1, -0.05) is 42.0 Å². The maximum absolute atomic E-state index is 12.6. The fourth-order valence-electron chi connectivity index (χ4n) is 3.12. The van der Waals surface area contributed by atoms with Crippen LogP contribution in [0.2, 0.25) is 0 Å². The first-order chi connectivity index (χ1) is 11.9. The smallest absolute Gasteiger partial charge is 0.243 e. The minimum Gasteiger partial charge on any atom is -0.348 e. The summed E-state index contributed by atoms with van der Waals surface area (Å²) in [4.78, 5) is 12.5. The van der Waals surface area contributed by atoms with E-state index in [0.717, 1.165) is 28.3 Å². The van der Waals surface area contributed by atoms with Gasteiger partial charge < -0.3 is 5.32 Å². The molecule has 132 valence electrons. The lowest BCUT2D eigenvalue weighted by Crippen LogP contribution is -2.39. The first-order valence-electron chi connectivity index (χ1n) is 8.28. The molecule has 5 nitrogen and oxygen atoms in total. The van der Waals surface area contributed by atoms with Crippen LogP contribution in [-0.2, 0) is 21.2 Å². The normalized spacial score (nSPS) is 16.7. The van der Waals surface area contributed by atoms with E-state index < -0.39 is 10.0 Å². The van der Waals surface area contributed by atoms with E-state index in [1.54, 1.807) is 24.3 Å². The molecule has 0 fully saturated rings. The quantitative estimate of drug-likeness (QED) is 0.893. The van der Waals surface area contributed by atoms with Crippen LogP contribution in [0.15, 0.2) is 53.4 Å². The Morgan fingerprint density at radius 2 is 1.84 bits per heavy atom. The van der Waals surface area contributed by atoms with Crippen molar-refractivity contribution < 1.29 is 13.2 Å². The first kappa shape index (κ1) is 17.6. The molecule has 0 radical (unpaired) electrons. The van der Waals surface area contributed by atoms with Gasteiger partial charge in [0, 0.05) is 7.05 Å². The lowest BCUT2D eigenvalue weighted by atomic mass is 10.1. The zero-order chi connectivity index (χ0) is 18.0. The molecule has 0 saturated heterocycles. The molecule has 1 aliphatic carbocycles. The van der Waals surface area contributed by atoms with Crippen LogP contribution in [0.1, 0.15) is 29.2 Å². The summed E-state index contributed by atoms with van der Waals surface area (Å²) in [5.41, 5.74) is 3.35. The number of carbonyl (C=O) groups is 1. The molecule has 0 bridgehead atoms. The number of fused-ring (bicyclic) bond motifs is 1. The van der Waals surface area contributed by atoms with E-state index in [1.165, 1.54) is 12.6 Å². The predicted molar refractivity (Wildman–Crippen MR) is 96.6 cm³/mol. The van der Waals surface area contributed by atoms with Crippen molar-refractivity contribution >= 4 is 15.9 Å². The lowest BCUT2D eigenvalue weighted by Gasteiger charge is -2.19. The summed E-state index contributed by atoms with van der Waals surface area (Å²) in [7, 11) is -2.24. The lowest BCUT2D eigenvalue weighted by molar-refractivity contribution is -0.121. The van der Waals surface area contributed by atoms with Gasteiger partial charge >= 0.3 is 0 Å². The minimum absolute atomic E-state index is 0.0424. The largest absolute Gasteiger partial charge is 0.348 e. The Balaban J connectivity index is 1.66. The van der Waals surface area contributed by atoms with Crippen LogP contribution in [0.5, 0.6) is 0 Å². The van der Waals surface area contributed by atoms with Crippen molar-refractivity contribution in [1.29, 1.82) is 0 Å². The van der Waals surface area contributed by atoms with Crippen LogP contribution in [0.4, 0.5) is 0 Å². The molecule has 0 aliphatic heterocycles. The van der Waals surface area contributed by atoms with Crippen molar-refractivity contribution in [3.8, 4) is 0 Å². The van der Waals surface area contributed by atoms with Gasteiger partial charge in [-0.15, -0.1) is 0 Å². The van der Waals surface area contributed by atoms with Gasteiger partial charge in [0.25, 0.3) is 0 Å². The van der Waals surface area contributed by atoms with Crippen LogP contribution in [0, 0.1) is 6.92 Å². The first-order valence-corrected chi connectivity index (χ1v) is 9.72. The van der Waals surface area contributed by atoms with Crippen molar-refractivity contribution in [2.45, 2.75) is 30.7 Å². The van der Waals surface area contributed by atoms with Gasteiger partial charge in [-0.05, 0) is 43.0 Å². The number of nitrogens with one attached hydrogen (secondary N) is 1. The van der Waals surface area contributed by atoms with Crippen LogP contribution < -0.4 is 5.32 Å². The number of rotatable bonds is 5. The number of nitrogens with zero attached hydrogens (tertiary/aromatic N) is 1. The van der Waals surface area contributed by atoms with Gasteiger partial charge in [0.15, 0.2) is 0 Å². The maximum Gasteiger partial charge on any atom is 0.243 e. The molecule has 0 saturated carbocycles. The van der Waals surface area contributed by atoms with Crippen molar-refractivity contribution in [1.82, 2.24) is 9.62 Å². The Morgan fingerprint density at radius 1 is 1.16 bits per heavy atom. The molecule has 25 heavy (non-hydrogen) atoms. The summed E-state index contributed by atoms with van der Waals surface area (Å²) >= 11 is 0. The maximum atomic E-state index is 12.6. The number of benzene rings is 2. The molecular formula is C19H22N2O3S. The average Bonchev–Trinajstić information content (AvgIpc) is 2.98. The zero-order valence-electron chi connectivity index (χ0n) is 14.4. The summed E-state index contributed by atoms with van der Waals surface area (Å²) < 4.78 is 26.2. The Hall–Kier alpha value is -2.18. The summed E-state index contributed by atoms with van der Waals surface area (Å²) in [5.74, 6) is -0.292. The highest BCUT2D eigenvalue weighted by Crippen LogP contribution is 2.30. The standard InChI is InChI=1S/C19H22N2O3S/c1-14-7-10-16(11-8-14)25(23,24)21(2)13-19(22)20-18-12-9-15-5-3-4-6-17(15)18/h3-8,10-11,18H,9,12-13H2,1-2H3,(H,20,22)/t18-/m0/s1. The SMILES string of the molecule is Cc1ccc(S(=O)(=O)N(C)CC(=O)N[C@H]2CCc3ccccc32)cc1. The van der Waals surface area contributed by atoms with Crippen LogP contribution in [0.25, 0.3) is 0 Å². The van der Waals surface area contributed by atoms with Crippen molar-refractivity contribution in [3.63, 3.8) is 0 Å². The van der Waals surface area contributed by atoms with Gasteiger partial charge in [0.2, 0.25) is 15.9 Å². The second-order valence-electron chi connectivity index (χ2n) is 6.43. The molecular weight excluding hydrogens is 336 g/mol. The van der Waals surface area contributed by atoms with Gasteiger partial charge in [-0.2, -0.15) is 4.31 Å². The number of likely N-dealkylation sites (N-methyl/N-ethyl adjacent to an activating group) is 1. The van der Waals surface area contributed by atoms with Crippen LogP contribution in [0.3, 0.4) is 0 Å². The van der Waals surface area contributed by atoms with E-state index in [0.29, 0.717) is 0 Å². The molecule has 0 unspecified atom stereocenters. The van der Waals surface area contributed by atoms with E-state index in [4.69, 9.17) is 0 Å². The molecule has 0 aromatic heterocycles. The fourth-order valence-corrected chi connectivity index (χ4v) is 4.25. The van der Waals surface area contributed by atoms with Crippen LogP contribution in [-0.4, -0.2) is 32.2 Å². The molecule has 2 aromatic rings. The molecule has 6 heteroatoms. The van der Waals surface area contributed by atoms with Gasteiger partial charge in [0.1, 0.15) is 0 Å². The summed E-state index contributed by atoms with van der Waals surface area (Å²) in [6.07, 6.45) is 1.78.